The van der Waals surface area contributed by atoms with E-state index in [2.05, 4.69) is 10.2 Å². The number of carbonyl (C=O) groups excluding carboxylic acids is 1. The third-order valence-electron chi connectivity index (χ3n) is 3.55. The first-order valence-electron chi connectivity index (χ1n) is 6.62. The number of hydrogen-bond donors (Lipinski definition) is 2. The predicted octanol–water partition coefficient (Wildman–Crippen LogP) is 1.17. The van der Waals surface area contributed by atoms with Crippen molar-refractivity contribution in [2.45, 2.75) is 11.5 Å². The first-order valence-corrected chi connectivity index (χ1v) is 8.17. The summed E-state index contributed by atoms with van der Waals surface area (Å²) < 4.78 is 27.2. The monoisotopic (exact) mass is 321 g/mol. The van der Waals surface area contributed by atoms with E-state index in [1.165, 1.54) is 6.07 Å². The highest BCUT2D eigenvalue weighted by Gasteiger charge is 2.19. The van der Waals surface area contributed by atoms with Crippen LogP contribution in [0, 0.1) is 0 Å². The van der Waals surface area contributed by atoms with Gasteiger partial charge in [-0.1, -0.05) is 0 Å². The zero-order valence-corrected chi connectivity index (χ0v) is 12.7. The number of hydrogen-bond acceptors (Lipinski definition) is 5. The fourth-order valence-electron chi connectivity index (χ4n) is 2.43. The molecule has 0 saturated heterocycles. The molecule has 1 aromatic carbocycles. The van der Waals surface area contributed by atoms with Gasteiger partial charge in [0.05, 0.1) is 0 Å². The summed E-state index contributed by atoms with van der Waals surface area (Å²) in [5.41, 5.74) is 2.94. The number of sulfonamides is 1. The Hall–Kier alpha value is -2.32. The van der Waals surface area contributed by atoms with Crippen LogP contribution in [0.25, 0.3) is 0 Å². The van der Waals surface area contributed by atoms with Gasteiger partial charge in [-0.15, -0.1) is 0 Å². The number of nitrogens with one attached hydrogen (secondary N) is 1. The zero-order chi connectivity index (χ0) is 15.9. The van der Waals surface area contributed by atoms with Crippen LogP contribution in [-0.2, 0) is 16.4 Å². The van der Waals surface area contributed by atoms with Crippen molar-refractivity contribution in [3.63, 3.8) is 0 Å². The lowest BCUT2D eigenvalue weighted by Crippen LogP contribution is -2.13. The highest BCUT2D eigenvalue weighted by molar-refractivity contribution is 7.89. The van der Waals surface area contributed by atoms with Crippen LogP contribution in [0.2, 0.25) is 0 Å². The molecule has 1 aliphatic heterocycles. The third kappa shape index (κ3) is 2.70. The highest BCUT2D eigenvalue weighted by atomic mass is 32.2. The van der Waals surface area contributed by atoms with Gasteiger partial charge in [0.25, 0.3) is 15.9 Å². The molecule has 3 rings (SSSR count). The molecule has 22 heavy (non-hydrogen) atoms. The molecule has 0 spiro atoms. The molecule has 8 heteroatoms. The second-order valence-electron chi connectivity index (χ2n) is 5.13. The van der Waals surface area contributed by atoms with E-state index in [0.29, 0.717) is 5.69 Å². The molecule has 2 heterocycles. The molecule has 7 nitrogen and oxygen atoms in total. The molecule has 1 amide bonds. The standard InChI is InChI=1S/C14H15N3O4S/c1-17-7-6-9-8-10(2-3-11(9)17)16-14(18)12-4-5-13(21-12)22(15,19)20/h2-5,8H,6-7H2,1H3,(H,16,18)(H2,15,19,20). The summed E-state index contributed by atoms with van der Waals surface area (Å²) in [5.74, 6) is -0.636. The van der Waals surface area contributed by atoms with E-state index in [1.54, 1.807) is 6.07 Å². The number of likely N-dealkylation sites (N-methyl/N-ethyl adjacent to an activating group) is 1. The van der Waals surface area contributed by atoms with Crippen LogP contribution in [0.15, 0.2) is 39.8 Å². The van der Waals surface area contributed by atoms with Crippen LogP contribution in [-0.4, -0.2) is 27.9 Å². The normalized spacial score (nSPS) is 14.0. The third-order valence-corrected chi connectivity index (χ3v) is 4.33. The Labute approximate surface area is 127 Å². The summed E-state index contributed by atoms with van der Waals surface area (Å²) in [7, 11) is -1.94. The van der Waals surface area contributed by atoms with Gasteiger partial charge in [-0.05, 0) is 42.3 Å². The van der Waals surface area contributed by atoms with Crippen molar-refractivity contribution in [1.29, 1.82) is 0 Å². The number of anilines is 2. The molecule has 0 saturated carbocycles. The lowest BCUT2D eigenvalue weighted by molar-refractivity contribution is 0.0991. The second kappa shape index (κ2) is 5.15. The van der Waals surface area contributed by atoms with Crippen LogP contribution in [0.3, 0.4) is 0 Å². The van der Waals surface area contributed by atoms with Crippen molar-refractivity contribution in [2.24, 2.45) is 5.14 Å². The Morgan fingerprint density at radius 2 is 2.09 bits per heavy atom. The van der Waals surface area contributed by atoms with E-state index in [9.17, 15) is 13.2 Å². The number of benzene rings is 1. The number of nitrogens with two attached hydrogens (primary N) is 1. The molecule has 3 N–H and O–H groups in total. The smallest absolute Gasteiger partial charge is 0.291 e. The van der Waals surface area contributed by atoms with Crippen molar-refractivity contribution < 1.29 is 17.6 Å². The number of fused-ring (bicyclic) bond motifs is 1. The van der Waals surface area contributed by atoms with Gasteiger partial charge in [0, 0.05) is 25.0 Å². The van der Waals surface area contributed by atoms with Crippen LogP contribution >= 0.6 is 0 Å². The van der Waals surface area contributed by atoms with Crippen molar-refractivity contribution in [1.82, 2.24) is 0 Å². The quantitative estimate of drug-likeness (QED) is 0.883. The van der Waals surface area contributed by atoms with Gasteiger partial charge in [-0.3, -0.25) is 4.79 Å². The van der Waals surface area contributed by atoms with Crippen LogP contribution in [0.1, 0.15) is 16.1 Å². The van der Waals surface area contributed by atoms with Gasteiger partial charge in [-0.2, -0.15) is 0 Å². The lowest BCUT2D eigenvalue weighted by atomic mass is 10.1. The predicted molar refractivity (Wildman–Crippen MR) is 81.5 cm³/mol. The second-order valence-corrected chi connectivity index (χ2v) is 6.63. The van der Waals surface area contributed by atoms with Crippen molar-refractivity contribution in [3.05, 3.63) is 41.7 Å². The molecule has 0 radical (unpaired) electrons. The topological polar surface area (TPSA) is 106 Å². The minimum Gasteiger partial charge on any atom is -0.438 e. The fraction of sp³-hybridized carbons (Fsp3) is 0.214. The Balaban J connectivity index is 1.79. The minimum absolute atomic E-state index is 0.110. The molecule has 0 atom stereocenters. The Morgan fingerprint density at radius 1 is 1.32 bits per heavy atom. The average molecular weight is 321 g/mol. The molecule has 0 unspecified atom stereocenters. The maximum Gasteiger partial charge on any atom is 0.291 e. The van der Waals surface area contributed by atoms with Crippen LogP contribution in [0.5, 0.6) is 0 Å². The van der Waals surface area contributed by atoms with Crippen molar-refractivity contribution in [2.75, 3.05) is 23.8 Å². The summed E-state index contributed by atoms with van der Waals surface area (Å²) in [6.07, 6.45) is 0.922. The molecule has 0 bridgehead atoms. The minimum atomic E-state index is -3.95. The van der Waals surface area contributed by atoms with Crippen LogP contribution in [0.4, 0.5) is 11.4 Å². The molecule has 1 aromatic heterocycles. The van der Waals surface area contributed by atoms with E-state index in [-0.39, 0.29) is 5.76 Å². The largest absolute Gasteiger partial charge is 0.438 e. The Morgan fingerprint density at radius 3 is 2.77 bits per heavy atom. The summed E-state index contributed by atoms with van der Waals surface area (Å²) in [6, 6.07) is 8.07. The number of furan rings is 1. The molecule has 0 aliphatic carbocycles. The molecular weight excluding hydrogens is 306 g/mol. The molecule has 2 aromatic rings. The van der Waals surface area contributed by atoms with Gasteiger partial charge < -0.3 is 14.6 Å². The van der Waals surface area contributed by atoms with Gasteiger partial charge in [0.2, 0.25) is 5.09 Å². The SMILES string of the molecule is CN1CCc2cc(NC(=O)c3ccc(S(N)(=O)=O)o3)ccc21. The summed E-state index contributed by atoms with van der Waals surface area (Å²) in [5, 5.41) is 7.18. The summed E-state index contributed by atoms with van der Waals surface area (Å²) >= 11 is 0. The molecular formula is C14H15N3O4S. The summed E-state index contributed by atoms with van der Waals surface area (Å²) in [6.45, 7) is 0.947. The number of nitrogens with zero attached hydrogens (tertiary/aromatic N) is 1. The Bertz CT molecular complexity index is 842. The van der Waals surface area contributed by atoms with Gasteiger partial charge in [0.15, 0.2) is 5.76 Å². The van der Waals surface area contributed by atoms with Gasteiger partial charge in [0.1, 0.15) is 0 Å². The summed E-state index contributed by atoms with van der Waals surface area (Å²) in [4.78, 5) is 14.2. The molecule has 116 valence electrons. The number of rotatable bonds is 3. The van der Waals surface area contributed by atoms with Crippen LogP contribution < -0.4 is 15.4 Å². The average Bonchev–Trinajstić information content (AvgIpc) is 3.06. The number of amides is 1. The first-order chi connectivity index (χ1) is 10.3. The zero-order valence-electron chi connectivity index (χ0n) is 11.9. The van der Waals surface area contributed by atoms with Crippen molar-refractivity contribution >= 4 is 27.3 Å². The van der Waals surface area contributed by atoms with E-state index in [4.69, 9.17) is 9.56 Å². The lowest BCUT2D eigenvalue weighted by Gasteiger charge is -2.12. The molecule has 0 fully saturated rings. The molecule has 1 aliphatic rings. The maximum absolute atomic E-state index is 12.1. The number of carbonyl (C=O) groups is 1. The highest BCUT2D eigenvalue weighted by Crippen LogP contribution is 2.29. The maximum atomic E-state index is 12.1. The van der Waals surface area contributed by atoms with Gasteiger partial charge >= 0.3 is 0 Å². The Kier molecular flexibility index (Phi) is 3.42. The van der Waals surface area contributed by atoms with E-state index >= 15 is 0 Å². The van der Waals surface area contributed by atoms with E-state index in [0.717, 1.165) is 30.3 Å². The fourth-order valence-corrected chi connectivity index (χ4v) is 2.90. The van der Waals surface area contributed by atoms with Crippen molar-refractivity contribution in [3.8, 4) is 0 Å². The van der Waals surface area contributed by atoms with E-state index < -0.39 is 21.0 Å². The number of primary sulfonamides is 1. The van der Waals surface area contributed by atoms with E-state index in [1.807, 2.05) is 19.2 Å². The first kappa shape index (κ1) is 14.6. The van der Waals surface area contributed by atoms with Gasteiger partial charge in [-0.25, -0.2) is 13.6 Å².